The molecule has 0 aromatic carbocycles. The Bertz CT molecular complexity index is 524. The maximum absolute atomic E-state index is 12.4. The molecule has 8 nitrogen and oxygen atoms in total. The largest absolute Gasteiger partial charge is 0.378 e. The Hall–Kier alpha value is -1.83. The molecule has 2 rings (SSSR count). The van der Waals surface area contributed by atoms with Crippen molar-refractivity contribution in [2.75, 3.05) is 59.0 Å². The molecular weight excluding hydrogens is 358 g/mol. The maximum atomic E-state index is 12.4. The van der Waals surface area contributed by atoms with Gasteiger partial charge in [-0.25, -0.2) is 0 Å². The molecule has 0 unspecified atom stereocenters. The Morgan fingerprint density at radius 2 is 1.50 bits per heavy atom. The highest BCUT2D eigenvalue weighted by Gasteiger charge is 2.23. The van der Waals surface area contributed by atoms with Crippen LogP contribution in [0.25, 0.3) is 0 Å². The van der Waals surface area contributed by atoms with Crippen LogP contribution in [0.4, 0.5) is 0 Å². The number of hydrogen-bond acceptors (Lipinski definition) is 4. The molecule has 2 amide bonds. The maximum Gasteiger partial charge on any atom is 0.222 e. The first kappa shape index (κ1) is 22.5. The number of rotatable bonds is 8. The zero-order valence-corrected chi connectivity index (χ0v) is 17.6. The topological polar surface area (TPSA) is 91.5 Å². The minimum atomic E-state index is 0.201. The van der Waals surface area contributed by atoms with E-state index in [9.17, 15) is 9.59 Å². The van der Waals surface area contributed by atoms with Crippen LogP contribution in [0.3, 0.4) is 0 Å². The fourth-order valence-corrected chi connectivity index (χ4v) is 3.49. The summed E-state index contributed by atoms with van der Waals surface area (Å²) in [6.07, 6.45) is 3.95. The van der Waals surface area contributed by atoms with Gasteiger partial charge in [0.25, 0.3) is 0 Å². The van der Waals surface area contributed by atoms with E-state index in [4.69, 9.17) is 10.5 Å². The van der Waals surface area contributed by atoms with E-state index in [1.54, 1.807) is 0 Å². The van der Waals surface area contributed by atoms with Gasteiger partial charge in [0.05, 0.1) is 13.2 Å². The van der Waals surface area contributed by atoms with Gasteiger partial charge in [-0.15, -0.1) is 0 Å². The van der Waals surface area contributed by atoms with Crippen molar-refractivity contribution in [1.29, 1.82) is 0 Å². The van der Waals surface area contributed by atoms with Crippen molar-refractivity contribution in [1.82, 2.24) is 14.7 Å². The van der Waals surface area contributed by atoms with Crippen LogP contribution in [-0.2, 0) is 14.3 Å². The van der Waals surface area contributed by atoms with E-state index in [1.165, 1.54) is 0 Å². The van der Waals surface area contributed by atoms with Crippen LogP contribution in [0.5, 0.6) is 0 Å². The van der Waals surface area contributed by atoms with E-state index in [-0.39, 0.29) is 11.8 Å². The molecule has 2 N–H and O–H groups in total. The summed E-state index contributed by atoms with van der Waals surface area (Å²) in [5.41, 5.74) is 6.00. The van der Waals surface area contributed by atoms with Crippen LogP contribution >= 0.6 is 0 Å². The summed E-state index contributed by atoms with van der Waals surface area (Å²) in [5, 5.41) is 0. The number of nitrogens with zero attached hydrogens (tertiary/aromatic N) is 4. The van der Waals surface area contributed by atoms with Gasteiger partial charge in [0.2, 0.25) is 11.8 Å². The summed E-state index contributed by atoms with van der Waals surface area (Å²) < 4.78 is 5.30. The smallest absolute Gasteiger partial charge is 0.222 e. The van der Waals surface area contributed by atoms with Crippen molar-refractivity contribution in [2.45, 2.75) is 46.0 Å². The number of ether oxygens (including phenoxy) is 1. The van der Waals surface area contributed by atoms with Gasteiger partial charge in [-0.2, -0.15) is 0 Å². The molecule has 0 saturated carbocycles. The van der Waals surface area contributed by atoms with Gasteiger partial charge in [0.15, 0.2) is 5.96 Å². The lowest BCUT2D eigenvalue weighted by atomic mass is 10.1. The van der Waals surface area contributed by atoms with Crippen molar-refractivity contribution >= 4 is 17.8 Å². The highest BCUT2D eigenvalue weighted by Crippen LogP contribution is 2.11. The van der Waals surface area contributed by atoms with Gasteiger partial charge < -0.3 is 25.2 Å². The third-order valence-electron chi connectivity index (χ3n) is 5.23. The molecule has 0 spiro atoms. The van der Waals surface area contributed by atoms with Crippen molar-refractivity contribution in [3.8, 4) is 0 Å². The lowest BCUT2D eigenvalue weighted by Gasteiger charge is -2.35. The third kappa shape index (κ3) is 7.66. The van der Waals surface area contributed by atoms with Crippen molar-refractivity contribution in [3.05, 3.63) is 0 Å². The summed E-state index contributed by atoms with van der Waals surface area (Å²) in [6.45, 7) is 10.5. The average molecular weight is 396 g/mol. The molecule has 0 radical (unpaired) electrons. The number of hydrogen-bond donors (Lipinski definition) is 1. The van der Waals surface area contributed by atoms with Crippen LogP contribution in [-0.4, -0.2) is 91.5 Å². The number of amides is 2. The minimum absolute atomic E-state index is 0.201. The predicted octanol–water partition coefficient (Wildman–Crippen LogP) is 0.911. The van der Waals surface area contributed by atoms with E-state index < -0.39 is 0 Å². The fourth-order valence-electron chi connectivity index (χ4n) is 3.49. The molecule has 2 fully saturated rings. The molecule has 2 aliphatic rings. The zero-order chi connectivity index (χ0) is 20.4. The highest BCUT2D eigenvalue weighted by atomic mass is 16.5. The van der Waals surface area contributed by atoms with Crippen molar-refractivity contribution in [2.24, 2.45) is 16.6 Å². The molecule has 28 heavy (non-hydrogen) atoms. The van der Waals surface area contributed by atoms with Crippen LogP contribution < -0.4 is 5.73 Å². The molecule has 2 heterocycles. The van der Waals surface area contributed by atoms with Gasteiger partial charge in [-0.3, -0.25) is 14.6 Å². The highest BCUT2D eigenvalue weighted by molar-refractivity contribution is 5.79. The van der Waals surface area contributed by atoms with Crippen molar-refractivity contribution < 1.29 is 14.3 Å². The number of carbonyl (C=O) groups is 2. The number of aliphatic imine (C=N–C) groups is 1. The zero-order valence-electron chi connectivity index (χ0n) is 17.6. The standard InChI is InChI=1S/C20H37N5O3/c1-17(2)16-19(27)24-10-8-23(9-11-24)18(26)6-4-3-5-7-22-20(21)25-12-14-28-15-13-25/h17H,3-16H2,1-2H3,(H2,21,22). The summed E-state index contributed by atoms with van der Waals surface area (Å²) in [7, 11) is 0. The van der Waals surface area contributed by atoms with Gasteiger partial charge in [0, 0.05) is 58.7 Å². The lowest BCUT2D eigenvalue weighted by Crippen LogP contribution is -2.50. The van der Waals surface area contributed by atoms with E-state index in [1.807, 2.05) is 9.80 Å². The number of carbonyl (C=O) groups excluding carboxylic acids is 2. The van der Waals surface area contributed by atoms with Gasteiger partial charge in [0.1, 0.15) is 0 Å². The Kier molecular flexibility index (Phi) is 9.54. The third-order valence-corrected chi connectivity index (χ3v) is 5.23. The molecule has 2 aliphatic heterocycles. The lowest BCUT2D eigenvalue weighted by molar-refractivity contribution is -0.140. The second kappa shape index (κ2) is 11.9. The number of morpholine rings is 1. The van der Waals surface area contributed by atoms with Gasteiger partial charge >= 0.3 is 0 Å². The molecule has 0 aliphatic carbocycles. The molecule has 160 valence electrons. The monoisotopic (exact) mass is 395 g/mol. The SMILES string of the molecule is CC(C)CC(=O)N1CCN(C(=O)CCCCCN=C(N)N2CCOCC2)CC1. The predicted molar refractivity (Wildman–Crippen MR) is 110 cm³/mol. The quantitative estimate of drug-likeness (QED) is 0.375. The van der Waals surface area contributed by atoms with E-state index in [0.29, 0.717) is 70.7 Å². The van der Waals surface area contributed by atoms with E-state index >= 15 is 0 Å². The summed E-state index contributed by atoms with van der Waals surface area (Å²) in [4.78, 5) is 34.7. The Morgan fingerprint density at radius 1 is 0.893 bits per heavy atom. The first-order chi connectivity index (χ1) is 13.5. The second-order valence-electron chi connectivity index (χ2n) is 8.01. The van der Waals surface area contributed by atoms with Crippen LogP contribution in [0.2, 0.25) is 0 Å². The number of nitrogens with two attached hydrogens (primary N) is 1. The number of piperazine rings is 1. The van der Waals surface area contributed by atoms with E-state index in [2.05, 4.69) is 23.7 Å². The normalized spacial score (nSPS) is 18.7. The summed E-state index contributed by atoms with van der Waals surface area (Å²) >= 11 is 0. The second-order valence-corrected chi connectivity index (χ2v) is 8.01. The Morgan fingerprint density at radius 3 is 2.11 bits per heavy atom. The average Bonchev–Trinajstić information content (AvgIpc) is 2.70. The molecule has 8 heteroatoms. The molecule has 0 aromatic heterocycles. The minimum Gasteiger partial charge on any atom is -0.378 e. The van der Waals surface area contributed by atoms with Crippen LogP contribution in [0.1, 0.15) is 46.0 Å². The van der Waals surface area contributed by atoms with Gasteiger partial charge in [-0.1, -0.05) is 20.3 Å². The molecular formula is C20H37N5O3. The Labute approximate surface area is 169 Å². The molecule has 0 atom stereocenters. The Balaban J connectivity index is 1.55. The van der Waals surface area contributed by atoms with Crippen LogP contribution in [0.15, 0.2) is 4.99 Å². The molecule has 0 bridgehead atoms. The summed E-state index contributed by atoms with van der Waals surface area (Å²) in [6, 6.07) is 0. The molecule has 0 aromatic rings. The number of unbranched alkanes of at least 4 members (excludes halogenated alkanes) is 2. The first-order valence-corrected chi connectivity index (χ1v) is 10.7. The fraction of sp³-hybridized carbons (Fsp3) is 0.850. The van der Waals surface area contributed by atoms with Crippen LogP contribution in [0, 0.1) is 5.92 Å². The first-order valence-electron chi connectivity index (χ1n) is 10.7. The van der Waals surface area contributed by atoms with E-state index in [0.717, 1.165) is 32.4 Å². The number of guanidine groups is 1. The molecule has 2 saturated heterocycles. The van der Waals surface area contributed by atoms with Gasteiger partial charge in [-0.05, 0) is 18.8 Å². The summed E-state index contributed by atoms with van der Waals surface area (Å²) in [5.74, 6) is 1.39. The van der Waals surface area contributed by atoms with Crippen molar-refractivity contribution in [3.63, 3.8) is 0 Å².